The summed E-state index contributed by atoms with van der Waals surface area (Å²) in [5.74, 6) is 0.635. The lowest BCUT2D eigenvalue weighted by Crippen LogP contribution is -2.37. The average molecular weight is 261 g/mol. The van der Waals surface area contributed by atoms with Crippen molar-refractivity contribution in [3.8, 4) is 0 Å². The zero-order chi connectivity index (χ0) is 13.9. The Morgan fingerprint density at radius 1 is 1.37 bits per heavy atom. The van der Waals surface area contributed by atoms with Crippen molar-refractivity contribution in [2.24, 2.45) is 5.73 Å². The summed E-state index contributed by atoms with van der Waals surface area (Å²) in [6, 6.07) is 6.66. The molecular formula is C15H20FN3. The van der Waals surface area contributed by atoms with Gasteiger partial charge in [-0.25, -0.2) is 9.37 Å². The van der Waals surface area contributed by atoms with Gasteiger partial charge in [0.05, 0.1) is 0 Å². The summed E-state index contributed by atoms with van der Waals surface area (Å²) in [6.07, 6.45) is 5.25. The second-order valence-corrected chi connectivity index (χ2v) is 5.11. The van der Waals surface area contributed by atoms with Gasteiger partial charge in [0.25, 0.3) is 0 Å². The second-order valence-electron chi connectivity index (χ2n) is 5.11. The Bertz CT molecular complexity index is 546. The normalized spacial score (nSPS) is 14.3. The highest BCUT2D eigenvalue weighted by molar-refractivity contribution is 5.26. The van der Waals surface area contributed by atoms with Crippen LogP contribution in [0.2, 0.25) is 0 Å². The number of benzene rings is 1. The predicted octanol–water partition coefficient (Wildman–Crippen LogP) is 2.85. The van der Waals surface area contributed by atoms with Gasteiger partial charge >= 0.3 is 0 Å². The minimum absolute atomic E-state index is 0.263. The second kappa shape index (κ2) is 5.53. The quantitative estimate of drug-likeness (QED) is 0.899. The Labute approximate surface area is 113 Å². The molecule has 1 heterocycles. The number of imidazole rings is 1. The molecule has 102 valence electrons. The molecule has 2 N–H and O–H groups in total. The molecular weight excluding hydrogens is 241 g/mol. The first-order chi connectivity index (χ1) is 9.04. The fraction of sp³-hybridized carbons (Fsp3) is 0.400. The van der Waals surface area contributed by atoms with Crippen LogP contribution in [0.4, 0.5) is 4.39 Å². The summed E-state index contributed by atoms with van der Waals surface area (Å²) < 4.78 is 15.9. The van der Waals surface area contributed by atoms with E-state index in [0.29, 0.717) is 12.0 Å². The minimum Gasteiger partial charge on any atom is -0.335 e. The summed E-state index contributed by atoms with van der Waals surface area (Å²) in [6.45, 7) is 4.86. The maximum atomic E-state index is 13.9. The molecule has 0 aliphatic rings. The van der Waals surface area contributed by atoms with Gasteiger partial charge in [-0.05, 0) is 19.4 Å². The Hall–Kier alpha value is -1.68. The summed E-state index contributed by atoms with van der Waals surface area (Å²) in [7, 11) is 0. The molecule has 0 spiro atoms. The monoisotopic (exact) mass is 261 g/mol. The van der Waals surface area contributed by atoms with Gasteiger partial charge in [-0.15, -0.1) is 0 Å². The molecule has 0 bridgehead atoms. The van der Waals surface area contributed by atoms with Crippen LogP contribution in [0.1, 0.15) is 31.7 Å². The molecule has 1 atom stereocenters. The van der Waals surface area contributed by atoms with E-state index in [1.165, 1.54) is 6.07 Å². The smallest absolute Gasteiger partial charge is 0.128 e. The summed E-state index contributed by atoms with van der Waals surface area (Å²) in [5.41, 5.74) is 6.07. The third kappa shape index (κ3) is 3.01. The number of nitrogens with zero attached hydrogens (tertiary/aromatic N) is 2. The van der Waals surface area contributed by atoms with E-state index < -0.39 is 5.54 Å². The molecule has 0 fully saturated rings. The van der Waals surface area contributed by atoms with Gasteiger partial charge in [0, 0.05) is 36.5 Å². The fourth-order valence-corrected chi connectivity index (χ4v) is 2.30. The van der Waals surface area contributed by atoms with E-state index in [2.05, 4.69) is 16.5 Å². The lowest BCUT2D eigenvalue weighted by molar-refractivity contribution is 0.436. The fourth-order valence-electron chi connectivity index (χ4n) is 2.30. The van der Waals surface area contributed by atoms with Crippen molar-refractivity contribution >= 4 is 0 Å². The number of rotatable bonds is 5. The average Bonchev–Trinajstić information content (AvgIpc) is 2.77. The van der Waals surface area contributed by atoms with Gasteiger partial charge in [0.1, 0.15) is 11.6 Å². The zero-order valence-corrected chi connectivity index (χ0v) is 11.4. The Kier molecular flexibility index (Phi) is 4.00. The lowest BCUT2D eigenvalue weighted by Gasteiger charge is -2.25. The molecule has 1 aromatic heterocycles. The van der Waals surface area contributed by atoms with Crippen molar-refractivity contribution in [1.29, 1.82) is 0 Å². The standard InChI is InChI=1S/C15H20FN3/c1-3-9-19-10-8-18-14(19)11-15(2,17)12-6-4-5-7-13(12)16/h4-8,10H,3,9,11,17H2,1-2H3. The molecule has 0 saturated heterocycles. The number of nitrogens with two attached hydrogens (primary N) is 1. The topological polar surface area (TPSA) is 43.8 Å². The van der Waals surface area contributed by atoms with E-state index in [1.807, 2.05) is 19.2 Å². The number of hydrogen-bond donors (Lipinski definition) is 1. The van der Waals surface area contributed by atoms with Crippen molar-refractivity contribution in [3.63, 3.8) is 0 Å². The zero-order valence-electron chi connectivity index (χ0n) is 11.4. The van der Waals surface area contributed by atoms with Crippen LogP contribution < -0.4 is 5.73 Å². The molecule has 1 unspecified atom stereocenters. The molecule has 0 aliphatic heterocycles. The number of aromatic nitrogens is 2. The highest BCUT2D eigenvalue weighted by Crippen LogP contribution is 2.24. The van der Waals surface area contributed by atoms with Gasteiger partial charge < -0.3 is 10.3 Å². The van der Waals surface area contributed by atoms with E-state index in [4.69, 9.17) is 5.73 Å². The first-order valence-electron chi connectivity index (χ1n) is 6.58. The van der Waals surface area contributed by atoms with E-state index in [1.54, 1.807) is 18.3 Å². The van der Waals surface area contributed by atoms with Crippen LogP contribution in [-0.2, 0) is 18.5 Å². The van der Waals surface area contributed by atoms with Crippen LogP contribution >= 0.6 is 0 Å². The van der Waals surface area contributed by atoms with Crippen LogP contribution in [0.15, 0.2) is 36.7 Å². The highest BCUT2D eigenvalue weighted by atomic mass is 19.1. The van der Waals surface area contributed by atoms with E-state index in [9.17, 15) is 4.39 Å². The van der Waals surface area contributed by atoms with E-state index in [-0.39, 0.29) is 5.82 Å². The molecule has 0 amide bonds. The Morgan fingerprint density at radius 3 is 2.79 bits per heavy atom. The summed E-state index contributed by atoms with van der Waals surface area (Å²) in [5, 5.41) is 0. The van der Waals surface area contributed by atoms with Crippen LogP contribution in [0.3, 0.4) is 0 Å². The van der Waals surface area contributed by atoms with Crippen molar-refractivity contribution in [2.45, 2.75) is 38.8 Å². The van der Waals surface area contributed by atoms with E-state index in [0.717, 1.165) is 18.8 Å². The molecule has 0 aliphatic carbocycles. The Balaban J connectivity index is 2.26. The van der Waals surface area contributed by atoms with Crippen LogP contribution in [0.5, 0.6) is 0 Å². The third-order valence-electron chi connectivity index (χ3n) is 3.28. The highest BCUT2D eigenvalue weighted by Gasteiger charge is 2.26. The predicted molar refractivity (Wildman–Crippen MR) is 74.2 cm³/mol. The maximum Gasteiger partial charge on any atom is 0.128 e. The van der Waals surface area contributed by atoms with Crippen molar-refractivity contribution < 1.29 is 4.39 Å². The van der Waals surface area contributed by atoms with Gasteiger partial charge in [0.15, 0.2) is 0 Å². The van der Waals surface area contributed by atoms with Crippen LogP contribution in [0.25, 0.3) is 0 Å². The molecule has 19 heavy (non-hydrogen) atoms. The number of hydrogen-bond acceptors (Lipinski definition) is 2. The van der Waals surface area contributed by atoms with Crippen LogP contribution in [0, 0.1) is 5.82 Å². The first kappa shape index (κ1) is 13.7. The lowest BCUT2D eigenvalue weighted by atomic mass is 9.89. The minimum atomic E-state index is -0.762. The summed E-state index contributed by atoms with van der Waals surface area (Å²) >= 11 is 0. The SMILES string of the molecule is CCCn1ccnc1CC(C)(N)c1ccccc1F. The number of halogens is 1. The van der Waals surface area contributed by atoms with Crippen LogP contribution in [-0.4, -0.2) is 9.55 Å². The first-order valence-corrected chi connectivity index (χ1v) is 6.58. The van der Waals surface area contributed by atoms with Crippen molar-refractivity contribution in [2.75, 3.05) is 0 Å². The van der Waals surface area contributed by atoms with Crippen molar-refractivity contribution in [3.05, 3.63) is 53.9 Å². The number of aryl methyl sites for hydroxylation is 1. The largest absolute Gasteiger partial charge is 0.335 e. The molecule has 1 aromatic carbocycles. The van der Waals surface area contributed by atoms with Crippen molar-refractivity contribution in [1.82, 2.24) is 9.55 Å². The molecule has 4 heteroatoms. The maximum absolute atomic E-state index is 13.9. The van der Waals surface area contributed by atoms with Gasteiger partial charge in [-0.1, -0.05) is 25.1 Å². The molecule has 0 saturated carbocycles. The molecule has 0 radical (unpaired) electrons. The van der Waals surface area contributed by atoms with Gasteiger partial charge in [-0.2, -0.15) is 0 Å². The third-order valence-corrected chi connectivity index (χ3v) is 3.28. The molecule has 2 rings (SSSR count). The van der Waals surface area contributed by atoms with Gasteiger partial charge in [0.2, 0.25) is 0 Å². The molecule has 3 nitrogen and oxygen atoms in total. The Morgan fingerprint density at radius 2 is 2.11 bits per heavy atom. The van der Waals surface area contributed by atoms with E-state index >= 15 is 0 Å². The molecule has 2 aromatic rings. The van der Waals surface area contributed by atoms with Gasteiger partial charge in [-0.3, -0.25) is 0 Å². The summed E-state index contributed by atoms with van der Waals surface area (Å²) in [4.78, 5) is 4.34.